The highest BCUT2D eigenvalue weighted by molar-refractivity contribution is 5.76. The molecule has 0 aromatic rings. The van der Waals surface area contributed by atoms with Crippen molar-refractivity contribution >= 4 is 5.91 Å². The summed E-state index contributed by atoms with van der Waals surface area (Å²) < 4.78 is 5.47. The van der Waals surface area contributed by atoms with E-state index in [9.17, 15) is 4.79 Å². The van der Waals surface area contributed by atoms with Gasteiger partial charge in [0.2, 0.25) is 5.91 Å². The van der Waals surface area contributed by atoms with E-state index in [0.29, 0.717) is 18.9 Å². The predicted octanol–water partition coefficient (Wildman–Crippen LogP) is 1.86. The lowest BCUT2D eigenvalue weighted by Gasteiger charge is -2.15. The van der Waals surface area contributed by atoms with Crippen LogP contribution in [0.5, 0.6) is 0 Å². The van der Waals surface area contributed by atoms with E-state index in [1.165, 1.54) is 0 Å². The Morgan fingerprint density at radius 1 is 1.69 bits per heavy atom. The first-order valence-electron chi connectivity index (χ1n) is 6.10. The van der Waals surface area contributed by atoms with Crippen molar-refractivity contribution in [2.75, 3.05) is 6.61 Å². The molecule has 1 rings (SSSR count). The van der Waals surface area contributed by atoms with Crippen LogP contribution < -0.4 is 5.32 Å². The van der Waals surface area contributed by atoms with Gasteiger partial charge < -0.3 is 10.1 Å². The predicted molar refractivity (Wildman–Crippen MR) is 63.9 cm³/mol. The Morgan fingerprint density at radius 2 is 2.50 bits per heavy atom. The molecular weight excluding hydrogens is 202 g/mol. The molecule has 1 heterocycles. The third-order valence-electron chi connectivity index (χ3n) is 2.94. The Hall–Kier alpha value is -1.01. The van der Waals surface area contributed by atoms with Crippen molar-refractivity contribution in [1.29, 1.82) is 0 Å². The second-order valence-corrected chi connectivity index (χ2v) is 4.25. The highest BCUT2D eigenvalue weighted by Gasteiger charge is 2.17. The number of ether oxygens (including phenoxy) is 1. The molecule has 1 fully saturated rings. The van der Waals surface area contributed by atoms with E-state index >= 15 is 0 Å². The van der Waals surface area contributed by atoms with Gasteiger partial charge in [-0.1, -0.05) is 6.92 Å². The minimum atomic E-state index is 0.0950. The van der Waals surface area contributed by atoms with Gasteiger partial charge in [0.1, 0.15) is 0 Å². The highest BCUT2D eigenvalue weighted by atomic mass is 16.5. The molecule has 1 saturated heterocycles. The first-order valence-corrected chi connectivity index (χ1v) is 6.10. The molecule has 0 aliphatic carbocycles. The second-order valence-electron chi connectivity index (χ2n) is 4.25. The zero-order valence-electron chi connectivity index (χ0n) is 10.00. The lowest BCUT2D eigenvalue weighted by Crippen LogP contribution is -2.34. The van der Waals surface area contributed by atoms with E-state index in [-0.39, 0.29) is 11.9 Å². The molecular formula is C13H21NO2. The first kappa shape index (κ1) is 13.1. The van der Waals surface area contributed by atoms with E-state index in [0.717, 1.165) is 32.3 Å². The molecule has 2 atom stereocenters. The van der Waals surface area contributed by atoms with E-state index in [1.807, 2.05) is 6.92 Å². The number of terminal acetylenes is 1. The van der Waals surface area contributed by atoms with Crippen molar-refractivity contribution in [3.8, 4) is 12.3 Å². The van der Waals surface area contributed by atoms with Crippen molar-refractivity contribution in [3.05, 3.63) is 0 Å². The summed E-state index contributed by atoms with van der Waals surface area (Å²) in [6, 6.07) is 0.127. The zero-order chi connectivity index (χ0) is 11.8. The fourth-order valence-corrected chi connectivity index (χ4v) is 1.90. The molecule has 0 saturated carbocycles. The van der Waals surface area contributed by atoms with Crippen LogP contribution in [0.15, 0.2) is 0 Å². The Bertz CT molecular complexity index is 251. The van der Waals surface area contributed by atoms with Gasteiger partial charge in [-0.25, -0.2) is 0 Å². The van der Waals surface area contributed by atoms with Gasteiger partial charge >= 0.3 is 0 Å². The zero-order valence-corrected chi connectivity index (χ0v) is 10.00. The maximum absolute atomic E-state index is 11.6. The topological polar surface area (TPSA) is 38.3 Å². The quantitative estimate of drug-likeness (QED) is 0.698. The number of amides is 1. The fourth-order valence-electron chi connectivity index (χ4n) is 1.90. The molecule has 0 aromatic heterocycles. The molecule has 0 spiro atoms. The number of nitrogens with one attached hydrogen (secondary N) is 1. The van der Waals surface area contributed by atoms with Crippen LogP contribution in [0, 0.1) is 12.3 Å². The number of hydrogen-bond acceptors (Lipinski definition) is 2. The van der Waals surface area contributed by atoms with E-state index in [4.69, 9.17) is 11.2 Å². The molecule has 1 aliphatic heterocycles. The molecule has 3 nitrogen and oxygen atoms in total. The maximum Gasteiger partial charge on any atom is 0.220 e. The van der Waals surface area contributed by atoms with E-state index < -0.39 is 0 Å². The monoisotopic (exact) mass is 223 g/mol. The van der Waals surface area contributed by atoms with Gasteiger partial charge in [-0.05, 0) is 25.7 Å². The molecule has 0 bridgehead atoms. The molecule has 0 aromatic carbocycles. The van der Waals surface area contributed by atoms with Gasteiger partial charge in [-0.3, -0.25) is 4.79 Å². The third kappa shape index (κ3) is 4.67. The Balaban J connectivity index is 2.16. The van der Waals surface area contributed by atoms with Crippen LogP contribution in [-0.4, -0.2) is 24.7 Å². The van der Waals surface area contributed by atoms with Crippen molar-refractivity contribution in [3.63, 3.8) is 0 Å². The third-order valence-corrected chi connectivity index (χ3v) is 2.94. The Labute approximate surface area is 97.9 Å². The Kier molecular flexibility index (Phi) is 5.95. The average molecular weight is 223 g/mol. The number of carbonyl (C=O) groups is 1. The summed E-state index contributed by atoms with van der Waals surface area (Å²) in [7, 11) is 0. The van der Waals surface area contributed by atoms with E-state index in [2.05, 4.69) is 11.2 Å². The number of hydrogen-bond donors (Lipinski definition) is 1. The van der Waals surface area contributed by atoms with Gasteiger partial charge in [0.25, 0.3) is 0 Å². The molecule has 2 unspecified atom stereocenters. The summed E-state index contributed by atoms with van der Waals surface area (Å²) in [5.74, 6) is 2.68. The van der Waals surface area contributed by atoms with Gasteiger partial charge in [0.05, 0.1) is 6.10 Å². The molecule has 90 valence electrons. The molecule has 0 radical (unpaired) electrons. The summed E-state index contributed by atoms with van der Waals surface area (Å²) >= 11 is 0. The van der Waals surface area contributed by atoms with Gasteiger partial charge in [0.15, 0.2) is 0 Å². The van der Waals surface area contributed by atoms with E-state index in [1.54, 1.807) is 0 Å². The van der Waals surface area contributed by atoms with Crippen molar-refractivity contribution in [1.82, 2.24) is 5.32 Å². The maximum atomic E-state index is 11.6. The van der Waals surface area contributed by atoms with Crippen LogP contribution in [0.2, 0.25) is 0 Å². The summed E-state index contributed by atoms with van der Waals surface area (Å²) in [4.78, 5) is 11.6. The Morgan fingerprint density at radius 3 is 3.06 bits per heavy atom. The second kappa shape index (κ2) is 7.29. The van der Waals surface area contributed by atoms with Crippen LogP contribution in [0.4, 0.5) is 0 Å². The fraction of sp³-hybridized carbons (Fsp3) is 0.769. The standard InChI is InChI=1S/C13H21NO2/c1-3-6-11(4-2)14-13(15)9-8-12-7-5-10-16-12/h1,11-12H,4-10H2,2H3,(H,14,15). The average Bonchev–Trinajstić information content (AvgIpc) is 2.78. The number of carbonyl (C=O) groups excluding carboxylic acids is 1. The first-order chi connectivity index (χ1) is 7.76. The highest BCUT2D eigenvalue weighted by Crippen LogP contribution is 2.16. The van der Waals surface area contributed by atoms with Crippen molar-refractivity contribution in [2.24, 2.45) is 0 Å². The smallest absolute Gasteiger partial charge is 0.220 e. The summed E-state index contributed by atoms with van der Waals surface area (Å²) in [5.41, 5.74) is 0. The van der Waals surface area contributed by atoms with Gasteiger partial charge in [-0.2, -0.15) is 0 Å². The van der Waals surface area contributed by atoms with Crippen LogP contribution in [-0.2, 0) is 9.53 Å². The SMILES string of the molecule is C#CCC(CC)NC(=O)CCC1CCCO1. The lowest BCUT2D eigenvalue weighted by molar-refractivity contribution is -0.122. The lowest BCUT2D eigenvalue weighted by atomic mass is 10.1. The minimum Gasteiger partial charge on any atom is -0.378 e. The molecule has 1 N–H and O–H groups in total. The van der Waals surface area contributed by atoms with Gasteiger partial charge in [-0.15, -0.1) is 12.3 Å². The van der Waals surface area contributed by atoms with Crippen LogP contribution in [0.25, 0.3) is 0 Å². The molecule has 1 amide bonds. The summed E-state index contributed by atoms with van der Waals surface area (Å²) in [6.45, 7) is 2.88. The molecule has 16 heavy (non-hydrogen) atoms. The molecule has 3 heteroatoms. The van der Waals surface area contributed by atoms with Crippen molar-refractivity contribution in [2.45, 2.75) is 57.6 Å². The van der Waals surface area contributed by atoms with Crippen LogP contribution >= 0.6 is 0 Å². The van der Waals surface area contributed by atoms with Gasteiger partial charge in [0, 0.05) is 25.5 Å². The summed E-state index contributed by atoms with van der Waals surface area (Å²) in [6.07, 6.45) is 10.6. The normalized spacial score (nSPS) is 21.4. The van der Waals surface area contributed by atoms with Crippen LogP contribution in [0.1, 0.15) is 45.4 Å². The van der Waals surface area contributed by atoms with Crippen LogP contribution in [0.3, 0.4) is 0 Å². The van der Waals surface area contributed by atoms with Crippen molar-refractivity contribution < 1.29 is 9.53 Å². The largest absolute Gasteiger partial charge is 0.378 e. The summed E-state index contributed by atoms with van der Waals surface area (Å²) in [5, 5.41) is 2.95. The number of rotatable bonds is 6. The minimum absolute atomic E-state index is 0.0950. The molecule has 1 aliphatic rings.